The van der Waals surface area contributed by atoms with Crippen LogP contribution in [0.2, 0.25) is 0 Å². The Bertz CT molecular complexity index is 1410. The number of hydrogen-bond donors (Lipinski definition) is 1. The molecule has 0 radical (unpaired) electrons. The van der Waals surface area contributed by atoms with Crippen LogP contribution in [0.3, 0.4) is 0 Å². The monoisotopic (exact) mass is 468 g/mol. The van der Waals surface area contributed by atoms with Crippen LogP contribution in [0.1, 0.15) is 32.3 Å². The highest BCUT2D eigenvalue weighted by atomic mass is 16.2. The van der Waals surface area contributed by atoms with E-state index < -0.39 is 0 Å². The second kappa shape index (κ2) is 9.22. The maximum Gasteiger partial charge on any atom is 0.225 e. The van der Waals surface area contributed by atoms with Gasteiger partial charge >= 0.3 is 0 Å². The molecule has 1 amide bonds. The van der Waals surface area contributed by atoms with Crippen LogP contribution in [0.5, 0.6) is 0 Å². The van der Waals surface area contributed by atoms with Gasteiger partial charge in [0.25, 0.3) is 0 Å². The van der Waals surface area contributed by atoms with Crippen LogP contribution in [0.15, 0.2) is 49.2 Å². The van der Waals surface area contributed by atoms with Gasteiger partial charge in [-0.3, -0.25) is 9.48 Å². The number of aromatic nitrogens is 5. The first-order valence-corrected chi connectivity index (χ1v) is 11.8. The van der Waals surface area contributed by atoms with E-state index in [0.717, 1.165) is 53.0 Å². The van der Waals surface area contributed by atoms with Crippen LogP contribution in [-0.2, 0) is 11.8 Å². The first kappa shape index (κ1) is 22.6. The minimum absolute atomic E-state index is 0.0339. The van der Waals surface area contributed by atoms with Crippen molar-refractivity contribution in [3.8, 4) is 28.3 Å². The summed E-state index contributed by atoms with van der Waals surface area (Å²) in [6.45, 7) is 5.50. The number of rotatable bonds is 5. The quantitative estimate of drug-likeness (QED) is 0.481. The summed E-state index contributed by atoms with van der Waals surface area (Å²) < 4.78 is 3.50. The number of amides is 1. The van der Waals surface area contributed by atoms with Crippen LogP contribution in [0.4, 0.5) is 5.82 Å². The Kier molecular flexibility index (Phi) is 5.95. The molecular weight excluding hydrogens is 440 g/mol. The molecule has 5 heterocycles. The minimum atomic E-state index is -0.0339. The highest BCUT2D eigenvalue weighted by Gasteiger charge is 2.27. The van der Waals surface area contributed by atoms with Gasteiger partial charge in [-0.05, 0) is 44.9 Å². The number of hydrogen-bond acceptors (Lipinski definition) is 6. The summed E-state index contributed by atoms with van der Waals surface area (Å²) in [6, 6.07) is 8.46. The average molecular weight is 469 g/mol. The van der Waals surface area contributed by atoms with E-state index in [4.69, 9.17) is 4.98 Å². The van der Waals surface area contributed by atoms with Crippen LogP contribution >= 0.6 is 0 Å². The van der Waals surface area contributed by atoms with Crippen LogP contribution in [-0.4, -0.2) is 49.4 Å². The maximum atomic E-state index is 12.5. The molecule has 9 heteroatoms. The fourth-order valence-electron chi connectivity index (χ4n) is 4.69. The van der Waals surface area contributed by atoms with Gasteiger partial charge in [0.2, 0.25) is 5.91 Å². The topological polar surface area (TPSA) is 104 Å². The maximum absolute atomic E-state index is 12.5. The molecule has 0 aromatic carbocycles. The molecule has 0 bridgehead atoms. The predicted molar refractivity (Wildman–Crippen MR) is 134 cm³/mol. The predicted octanol–water partition coefficient (Wildman–Crippen LogP) is 3.41. The molecule has 0 saturated carbocycles. The molecular formula is C26H28N8O. The molecule has 1 N–H and O–H groups in total. The fourth-order valence-corrected chi connectivity index (χ4v) is 4.69. The molecule has 0 unspecified atom stereocenters. The molecule has 1 fully saturated rings. The van der Waals surface area contributed by atoms with Gasteiger partial charge in [-0.15, -0.1) is 0 Å². The molecule has 1 saturated heterocycles. The number of nitrogens with one attached hydrogen (secondary N) is 1. The summed E-state index contributed by atoms with van der Waals surface area (Å²) in [7, 11) is 1.88. The zero-order valence-corrected chi connectivity index (χ0v) is 20.1. The number of nitrogens with zero attached hydrogens (tertiary/aromatic N) is 7. The third-order valence-electron chi connectivity index (χ3n) is 6.38. The lowest BCUT2D eigenvalue weighted by Crippen LogP contribution is -2.45. The van der Waals surface area contributed by atoms with Crippen molar-refractivity contribution in [3.05, 3.63) is 54.7 Å². The summed E-state index contributed by atoms with van der Waals surface area (Å²) in [5.41, 5.74) is 4.95. The normalized spacial score (nSPS) is 16.0. The molecule has 1 atom stereocenters. The third kappa shape index (κ3) is 4.47. The van der Waals surface area contributed by atoms with E-state index >= 15 is 0 Å². The number of carbonyl (C=O) groups excluding carboxylic acids is 1. The molecule has 0 spiro atoms. The van der Waals surface area contributed by atoms with Gasteiger partial charge < -0.3 is 10.2 Å². The lowest BCUT2D eigenvalue weighted by atomic mass is 9.96. The summed E-state index contributed by atoms with van der Waals surface area (Å²) in [5, 5.41) is 21.4. The second-order valence-electron chi connectivity index (χ2n) is 9.36. The standard InChI is InChI=1S/C26H28N8O/c1-17(2)31-26(35)19-5-4-8-33(15-19)24-7-6-18(11-28-24)23-9-20(22-13-29-32(3)14-22)16-34-25(23)21(10-27)12-30-34/h6-7,9,11-14,16-17,19H,4-5,8,15H2,1-3H3,(H,31,35)/t19-/m0/s1. The van der Waals surface area contributed by atoms with Gasteiger partial charge in [-0.2, -0.15) is 15.5 Å². The van der Waals surface area contributed by atoms with E-state index in [0.29, 0.717) is 12.1 Å². The lowest BCUT2D eigenvalue weighted by Gasteiger charge is -2.33. The first-order valence-electron chi connectivity index (χ1n) is 11.8. The first-order chi connectivity index (χ1) is 16.9. The summed E-state index contributed by atoms with van der Waals surface area (Å²) >= 11 is 0. The van der Waals surface area contributed by atoms with Gasteiger partial charge in [-0.25, -0.2) is 9.50 Å². The molecule has 9 nitrogen and oxygen atoms in total. The molecule has 178 valence electrons. The van der Waals surface area contributed by atoms with Crippen LogP contribution in [0, 0.1) is 17.2 Å². The minimum Gasteiger partial charge on any atom is -0.356 e. The van der Waals surface area contributed by atoms with Crippen molar-refractivity contribution in [1.29, 1.82) is 5.26 Å². The summed E-state index contributed by atoms with van der Waals surface area (Å²) in [4.78, 5) is 19.5. The Hall–Kier alpha value is -4.19. The SMILES string of the molecule is CC(C)NC(=O)[C@H]1CCCN(c2ccc(-c3cc(-c4cnn(C)c4)cn4ncc(C#N)c34)cn2)C1. The zero-order valence-electron chi connectivity index (χ0n) is 20.1. The molecule has 4 aromatic rings. The van der Waals surface area contributed by atoms with Crippen molar-refractivity contribution in [2.24, 2.45) is 13.0 Å². The Morgan fingerprint density at radius 3 is 2.69 bits per heavy atom. The van der Waals surface area contributed by atoms with Gasteiger partial charge in [-0.1, -0.05) is 0 Å². The zero-order chi connectivity index (χ0) is 24.5. The highest BCUT2D eigenvalue weighted by molar-refractivity contribution is 5.87. The number of nitriles is 1. The van der Waals surface area contributed by atoms with Crippen molar-refractivity contribution in [2.45, 2.75) is 32.7 Å². The number of carbonyl (C=O) groups is 1. The van der Waals surface area contributed by atoms with Gasteiger partial charge in [0, 0.05) is 67.0 Å². The Labute approximate surface area is 204 Å². The van der Waals surface area contributed by atoms with E-state index in [9.17, 15) is 10.1 Å². The number of aryl methyl sites for hydroxylation is 1. The average Bonchev–Trinajstić information content (AvgIpc) is 3.49. The van der Waals surface area contributed by atoms with Crippen molar-refractivity contribution in [3.63, 3.8) is 0 Å². The van der Waals surface area contributed by atoms with E-state index in [2.05, 4.69) is 32.5 Å². The Balaban J connectivity index is 1.47. The van der Waals surface area contributed by atoms with Crippen LogP contribution in [0.25, 0.3) is 27.8 Å². The molecule has 1 aliphatic heterocycles. The molecule has 4 aromatic heterocycles. The van der Waals surface area contributed by atoms with Gasteiger partial charge in [0.1, 0.15) is 11.9 Å². The number of piperidine rings is 1. The summed E-state index contributed by atoms with van der Waals surface area (Å²) in [5.74, 6) is 0.929. The lowest BCUT2D eigenvalue weighted by molar-refractivity contribution is -0.125. The molecule has 0 aliphatic carbocycles. The number of pyridine rings is 2. The van der Waals surface area contributed by atoms with Gasteiger partial charge in [0.15, 0.2) is 0 Å². The Morgan fingerprint density at radius 2 is 2.00 bits per heavy atom. The highest BCUT2D eigenvalue weighted by Crippen LogP contribution is 2.32. The Morgan fingerprint density at radius 1 is 1.14 bits per heavy atom. The van der Waals surface area contributed by atoms with E-state index in [1.807, 2.05) is 57.8 Å². The third-order valence-corrected chi connectivity index (χ3v) is 6.38. The number of anilines is 1. The fraction of sp³-hybridized carbons (Fsp3) is 0.346. The van der Waals surface area contributed by atoms with E-state index in [1.165, 1.54) is 0 Å². The number of fused-ring (bicyclic) bond motifs is 1. The largest absolute Gasteiger partial charge is 0.356 e. The second-order valence-corrected chi connectivity index (χ2v) is 9.36. The van der Waals surface area contributed by atoms with Crippen LogP contribution < -0.4 is 10.2 Å². The smallest absolute Gasteiger partial charge is 0.225 e. The van der Waals surface area contributed by atoms with Gasteiger partial charge in [0.05, 0.1) is 29.4 Å². The molecule has 35 heavy (non-hydrogen) atoms. The van der Waals surface area contributed by atoms with E-state index in [-0.39, 0.29) is 17.9 Å². The molecule has 1 aliphatic rings. The van der Waals surface area contributed by atoms with Crippen molar-refractivity contribution >= 4 is 17.2 Å². The molecule has 5 rings (SSSR count). The van der Waals surface area contributed by atoms with Crippen molar-refractivity contribution in [2.75, 3.05) is 18.0 Å². The summed E-state index contributed by atoms with van der Waals surface area (Å²) in [6.07, 6.45) is 10.9. The van der Waals surface area contributed by atoms with Crippen molar-refractivity contribution < 1.29 is 4.79 Å². The van der Waals surface area contributed by atoms with Crippen molar-refractivity contribution in [1.82, 2.24) is 29.7 Å². The van der Waals surface area contributed by atoms with E-state index in [1.54, 1.807) is 15.4 Å².